The van der Waals surface area contributed by atoms with Crippen LogP contribution >= 0.6 is 0 Å². The molecule has 0 radical (unpaired) electrons. The molecule has 1 fully saturated rings. The molecule has 2 aromatic carbocycles. The summed E-state index contributed by atoms with van der Waals surface area (Å²) in [5.74, 6) is 0.360. The number of ether oxygens (including phenoxy) is 1. The number of aromatic nitrogens is 2. The Hall–Kier alpha value is -3.23. The van der Waals surface area contributed by atoms with Gasteiger partial charge in [-0.3, -0.25) is 14.3 Å². The standard InChI is InChI=1S/C26H32N4O4/c1-17-15-34-16-18(2)29(17)14-8-10-20-9-7-13-22-23(20)25(31)30(21-11-5-4-6-12-21)24(28-22)19(3)27-26(32)33/h4-7,9,11-13,17-19,27H,8,10,14-16H2,1-3H3,(H,32,33)/t17?,18?,19-/m0/s1. The number of fused-ring (bicyclic) bond motifs is 1. The number of carbonyl (C=O) groups is 1. The van der Waals surface area contributed by atoms with Gasteiger partial charge in [0, 0.05) is 12.1 Å². The van der Waals surface area contributed by atoms with Gasteiger partial charge in [-0.25, -0.2) is 9.78 Å². The van der Waals surface area contributed by atoms with E-state index in [1.54, 1.807) is 6.92 Å². The molecule has 3 atom stereocenters. The molecule has 0 saturated carbocycles. The second-order valence-corrected chi connectivity index (χ2v) is 9.01. The Morgan fingerprint density at radius 3 is 2.53 bits per heavy atom. The Labute approximate surface area is 199 Å². The van der Waals surface area contributed by atoms with E-state index in [1.807, 2.05) is 48.5 Å². The van der Waals surface area contributed by atoms with Crippen LogP contribution in [0.4, 0.5) is 4.79 Å². The van der Waals surface area contributed by atoms with Gasteiger partial charge in [-0.2, -0.15) is 0 Å². The van der Waals surface area contributed by atoms with Crippen LogP contribution in [0.1, 0.15) is 44.6 Å². The van der Waals surface area contributed by atoms with Gasteiger partial charge in [-0.05, 0) is 63.9 Å². The maximum absolute atomic E-state index is 13.9. The first-order chi connectivity index (χ1) is 16.4. The largest absolute Gasteiger partial charge is 0.465 e. The van der Waals surface area contributed by atoms with Crippen molar-refractivity contribution in [3.8, 4) is 5.69 Å². The summed E-state index contributed by atoms with van der Waals surface area (Å²) in [6, 6.07) is 15.0. The fraction of sp³-hybridized carbons (Fsp3) is 0.423. The quantitative estimate of drug-likeness (QED) is 0.553. The zero-order valence-corrected chi connectivity index (χ0v) is 19.9. The molecular weight excluding hydrogens is 432 g/mol. The molecule has 1 saturated heterocycles. The van der Waals surface area contributed by atoms with E-state index in [0.29, 0.717) is 34.5 Å². The van der Waals surface area contributed by atoms with Gasteiger partial charge in [0.25, 0.3) is 5.56 Å². The summed E-state index contributed by atoms with van der Waals surface area (Å²) in [7, 11) is 0. The van der Waals surface area contributed by atoms with E-state index in [9.17, 15) is 14.7 Å². The fourth-order valence-electron chi connectivity index (χ4n) is 4.82. The third-order valence-corrected chi connectivity index (χ3v) is 6.46. The molecule has 1 aromatic heterocycles. The average Bonchev–Trinajstić information content (AvgIpc) is 2.81. The van der Waals surface area contributed by atoms with Crippen LogP contribution in [0.5, 0.6) is 0 Å². The number of hydrogen-bond acceptors (Lipinski definition) is 5. The maximum atomic E-state index is 13.9. The van der Waals surface area contributed by atoms with Crippen LogP contribution in [0.25, 0.3) is 16.6 Å². The fourth-order valence-corrected chi connectivity index (χ4v) is 4.82. The summed E-state index contributed by atoms with van der Waals surface area (Å²) >= 11 is 0. The number of hydrogen-bond donors (Lipinski definition) is 2. The molecule has 1 amide bonds. The Morgan fingerprint density at radius 1 is 1.15 bits per heavy atom. The van der Waals surface area contributed by atoms with Crippen LogP contribution in [0, 0.1) is 0 Å². The van der Waals surface area contributed by atoms with Crippen molar-refractivity contribution in [2.24, 2.45) is 0 Å². The Morgan fingerprint density at radius 2 is 1.85 bits per heavy atom. The number of morpholine rings is 1. The summed E-state index contributed by atoms with van der Waals surface area (Å²) < 4.78 is 7.16. The molecule has 0 spiro atoms. The van der Waals surface area contributed by atoms with Crippen LogP contribution < -0.4 is 10.9 Å². The van der Waals surface area contributed by atoms with E-state index < -0.39 is 12.1 Å². The van der Waals surface area contributed by atoms with Crippen molar-refractivity contribution in [1.29, 1.82) is 0 Å². The topological polar surface area (TPSA) is 96.7 Å². The van der Waals surface area contributed by atoms with Crippen LogP contribution in [0.15, 0.2) is 53.3 Å². The zero-order valence-electron chi connectivity index (χ0n) is 19.9. The minimum Gasteiger partial charge on any atom is -0.465 e. The van der Waals surface area contributed by atoms with Gasteiger partial charge in [0.2, 0.25) is 0 Å². The Kier molecular flexibility index (Phi) is 7.29. The van der Waals surface area contributed by atoms with E-state index in [2.05, 4.69) is 24.1 Å². The average molecular weight is 465 g/mol. The summed E-state index contributed by atoms with van der Waals surface area (Å²) in [4.78, 5) is 32.4. The number of amides is 1. The number of para-hydroxylation sites is 1. The zero-order chi connectivity index (χ0) is 24.2. The lowest BCUT2D eigenvalue weighted by atomic mass is 10.0. The van der Waals surface area contributed by atoms with Crippen LogP contribution in [0.3, 0.4) is 0 Å². The normalized spacial score (nSPS) is 19.7. The van der Waals surface area contributed by atoms with Crippen molar-refractivity contribution in [2.75, 3.05) is 19.8 Å². The van der Waals surface area contributed by atoms with E-state index in [4.69, 9.17) is 9.72 Å². The number of benzene rings is 2. The SMILES string of the molecule is CC1COCC(C)N1CCCc1cccc2nc([C@H](C)NC(=O)O)n(-c3ccccc3)c(=O)c12. The lowest BCUT2D eigenvalue weighted by molar-refractivity contribution is -0.0368. The van der Waals surface area contributed by atoms with Gasteiger partial charge in [0.1, 0.15) is 5.82 Å². The van der Waals surface area contributed by atoms with E-state index in [0.717, 1.165) is 38.2 Å². The molecular formula is C26H32N4O4. The summed E-state index contributed by atoms with van der Waals surface area (Å²) in [5.41, 5.74) is 2.01. The van der Waals surface area contributed by atoms with Crippen LogP contribution in [-0.2, 0) is 11.2 Å². The first-order valence-corrected chi connectivity index (χ1v) is 11.8. The van der Waals surface area contributed by atoms with Gasteiger partial charge >= 0.3 is 6.09 Å². The maximum Gasteiger partial charge on any atom is 0.405 e. The molecule has 3 aromatic rings. The summed E-state index contributed by atoms with van der Waals surface area (Å²) in [5, 5.41) is 12.3. The highest BCUT2D eigenvalue weighted by molar-refractivity contribution is 5.82. The molecule has 4 rings (SSSR count). The van der Waals surface area contributed by atoms with Gasteiger partial charge in [0.05, 0.1) is 35.8 Å². The Bertz CT molecular complexity index is 1200. The predicted octanol–water partition coefficient (Wildman–Crippen LogP) is 3.76. The van der Waals surface area contributed by atoms with Crippen molar-refractivity contribution >= 4 is 17.0 Å². The molecule has 0 bridgehead atoms. The van der Waals surface area contributed by atoms with Crippen molar-refractivity contribution in [2.45, 2.75) is 51.7 Å². The molecule has 8 nitrogen and oxygen atoms in total. The van der Waals surface area contributed by atoms with E-state index in [-0.39, 0.29) is 5.56 Å². The smallest absolute Gasteiger partial charge is 0.405 e. The molecule has 0 aliphatic carbocycles. The highest BCUT2D eigenvalue weighted by Crippen LogP contribution is 2.22. The van der Waals surface area contributed by atoms with Gasteiger partial charge in [-0.1, -0.05) is 30.3 Å². The summed E-state index contributed by atoms with van der Waals surface area (Å²) in [6.45, 7) is 8.48. The van der Waals surface area contributed by atoms with Crippen LogP contribution in [0.2, 0.25) is 0 Å². The molecule has 2 heterocycles. The third-order valence-electron chi connectivity index (χ3n) is 6.46. The highest BCUT2D eigenvalue weighted by Gasteiger charge is 2.25. The Balaban J connectivity index is 1.72. The monoisotopic (exact) mass is 464 g/mol. The summed E-state index contributed by atoms with van der Waals surface area (Å²) in [6.07, 6.45) is 0.501. The number of nitrogens with one attached hydrogen (secondary N) is 1. The van der Waals surface area contributed by atoms with E-state index >= 15 is 0 Å². The van der Waals surface area contributed by atoms with Crippen molar-refractivity contribution < 1.29 is 14.6 Å². The highest BCUT2D eigenvalue weighted by atomic mass is 16.5. The van der Waals surface area contributed by atoms with Crippen molar-refractivity contribution in [1.82, 2.24) is 19.8 Å². The lowest BCUT2D eigenvalue weighted by Gasteiger charge is -2.38. The van der Waals surface area contributed by atoms with E-state index in [1.165, 1.54) is 4.57 Å². The van der Waals surface area contributed by atoms with Crippen LogP contribution in [-0.4, -0.2) is 57.5 Å². The van der Waals surface area contributed by atoms with Gasteiger partial charge < -0.3 is 15.2 Å². The van der Waals surface area contributed by atoms with Gasteiger partial charge in [-0.15, -0.1) is 0 Å². The molecule has 8 heteroatoms. The molecule has 2 N–H and O–H groups in total. The molecule has 180 valence electrons. The molecule has 1 aliphatic heterocycles. The first-order valence-electron chi connectivity index (χ1n) is 11.8. The lowest BCUT2D eigenvalue weighted by Crippen LogP contribution is -2.49. The second kappa shape index (κ2) is 10.4. The first kappa shape index (κ1) is 23.9. The van der Waals surface area contributed by atoms with Crippen molar-refractivity contribution in [3.05, 3.63) is 70.3 Å². The minimum atomic E-state index is -1.17. The minimum absolute atomic E-state index is 0.186. The number of aryl methyl sites for hydroxylation is 1. The second-order valence-electron chi connectivity index (χ2n) is 9.01. The third kappa shape index (κ3) is 4.98. The number of carboxylic acid groups (broad SMARTS) is 1. The number of rotatable bonds is 7. The molecule has 2 unspecified atom stereocenters. The molecule has 1 aliphatic rings. The van der Waals surface area contributed by atoms with Gasteiger partial charge in [0.15, 0.2) is 0 Å². The van der Waals surface area contributed by atoms with Crippen molar-refractivity contribution in [3.63, 3.8) is 0 Å². The molecule has 34 heavy (non-hydrogen) atoms. The predicted molar refractivity (Wildman–Crippen MR) is 132 cm³/mol. The number of nitrogens with zero attached hydrogens (tertiary/aromatic N) is 3.